The van der Waals surface area contributed by atoms with Gasteiger partial charge in [-0.1, -0.05) is 11.3 Å². The molecule has 0 saturated carbocycles. The van der Waals surface area contributed by atoms with E-state index in [-0.39, 0.29) is 12.5 Å². The first kappa shape index (κ1) is 8.92. The van der Waals surface area contributed by atoms with Gasteiger partial charge in [0.2, 0.25) is 5.13 Å². The molecule has 0 N–H and O–H groups in total. The quantitative estimate of drug-likeness (QED) is 0.630. The van der Waals surface area contributed by atoms with Crippen molar-refractivity contribution in [2.75, 3.05) is 25.6 Å². The number of methoxy groups -OCH3 is 1. The zero-order valence-electron chi connectivity index (χ0n) is 6.85. The van der Waals surface area contributed by atoms with Gasteiger partial charge in [0.15, 0.2) is 0 Å². The summed E-state index contributed by atoms with van der Waals surface area (Å²) in [4.78, 5) is 12.5. The smallest absolute Gasteiger partial charge is 0.325 e. The predicted octanol–water partition coefficient (Wildman–Crippen LogP) is 0.147. The summed E-state index contributed by atoms with van der Waals surface area (Å²) >= 11 is 1.38. The molecule has 0 fully saturated rings. The number of anilines is 1. The van der Waals surface area contributed by atoms with Crippen LogP contribution >= 0.6 is 11.3 Å². The summed E-state index contributed by atoms with van der Waals surface area (Å²) in [6.45, 7) is 0.200. The van der Waals surface area contributed by atoms with E-state index in [1.54, 1.807) is 17.5 Å². The van der Waals surface area contributed by atoms with Crippen LogP contribution in [0.4, 0.5) is 5.13 Å². The van der Waals surface area contributed by atoms with Crippen molar-refractivity contribution in [1.82, 2.24) is 10.2 Å². The Bertz CT molecular complexity index is 249. The molecule has 12 heavy (non-hydrogen) atoms. The van der Waals surface area contributed by atoms with E-state index in [0.29, 0.717) is 5.13 Å². The number of aromatic nitrogens is 2. The minimum atomic E-state index is -0.285. The van der Waals surface area contributed by atoms with Gasteiger partial charge in [-0.15, -0.1) is 10.2 Å². The third-order valence-electron chi connectivity index (χ3n) is 1.27. The number of likely N-dealkylation sites (N-methyl/N-ethyl adjacent to an activating group) is 1. The summed E-state index contributed by atoms with van der Waals surface area (Å²) in [6, 6.07) is 0. The Balaban J connectivity index is 2.49. The van der Waals surface area contributed by atoms with Crippen LogP contribution in [0.5, 0.6) is 0 Å². The number of hydrogen-bond acceptors (Lipinski definition) is 6. The van der Waals surface area contributed by atoms with E-state index in [4.69, 9.17) is 0 Å². The van der Waals surface area contributed by atoms with E-state index < -0.39 is 0 Å². The van der Waals surface area contributed by atoms with Crippen molar-refractivity contribution < 1.29 is 9.53 Å². The van der Waals surface area contributed by atoms with Crippen molar-refractivity contribution in [1.29, 1.82) is 0 Å². The molecule has 0 amide bonds. The second-order valence-corrected chi connectivity index (χ2v) is 2.97. The first-order valence-electron chi connectivity index (χ1n) is 3.28. The van der Waals surface area contributed by atoms with Crippen LogP contribution in [0.25, 0.3) is 0 Å². The Morgan fingerprint density at radius 1 is 1.83 bits per heavy atom. The number of carbonyl (C=O) groups is 1. The van der Waals surface area contributed by atoms with Crippen molar-refractivity contribution in [3.8, 4) is 0 Å². The summed E-state index contributed by atoms with van der Waals surface area (Å²) in [7, 11) is 3.12. The van der Waals surface area contributed by atoms with Crippen LogP contribution in [0.3, 0.4) is 0 Å². The molecule has 0 bridgehead atoms. The zero-order chi connectivity index (χ0) is 8.97. The fourth-order valence-corrected chi connectivity index (χ4v) is 1.19. The van der Waals surface area contributed by atoms with Gasteiger partial charge in [-0.2, -0.15) is 0 Å². The van der Waals surface area contributed by atoms with E-state index in [0.717, 1.165) is 0 Å². The first-order chi connectivity index (χ1) is 5.74. The van der Waals surface area contributed by atoms with Gasteiger partial charge in [0.05, 0.1) is 7.11 Å². The minimum absolute atomic E-state index is 0.200. The maximum atomic E-state index is 10.8. The Morgan fingerprint density at radius 2 is 2.58 bits per heavy atom. The number of ether oxygens (including phenoxy) is 1. The number of hydrogen-bond donors (Lipinski definition) is 0. The van der Waals surface area contributed by atoms with Crippen molar-refractivity contribution in [2.45, 2.75) is 0 Å². The molecule has 0 aromatic carbocycles. The summed E-state index contributed by atoms with van der Waals surface area (Å²) in [5, 5.41) is 8.15. The van der Waals surface area contributed by atoms with E-state index >= 15 is 0 Å². The third-order valence-corrected chi connectivity index (χ3v) is 2.07. The van der Waals surface area contributed by atoms with E-state index in [9.17, 15) is 4.79 Å². The molecule has 0 aliphatic carbocycles. The van der Waals surface area contributed by atoms with Gasteiger partial charge in [-0.05, 0) is 0 Å². The van der Waals surface area contributed by atoms with Gasteiger partial charge < -0.3 is 9.64 Å². The molecular weight excluding hydrogens is 178 g/mol. The van der Waals surface area contributed by atoms with Gasteiger partial charge in [0, 0.05) is 7.05 Å². The molecule has 0 unspecified atom stereocenters. The van der Waals surface area contributed by atoms with Crippen LogP contribution in [-0.4, -0.2) is 36.9 Å². The summed E-state index contributed by atoms with van der Waals surface area (Å²) in [5.74, 6) is -0.285. The van der Waals surface area contributed by atoms with Gasteiger partial charge >= 0.3 is 5.97 Å². The van der Waals surface area contributed by atoms with Crippen LogP contribution in [0.15, 0.2) is 5.51 Å². The van der Waals surface area contributed by atoms with Crippen LogP contribution < -0.4 is 4.90 Å². The second kappa shape index (κ2) is 4.01. The van der Waals surface area contributed by atoms with E-state index in [1.807, 2.05) is 0 Å². The Kier molecular flexibility index (Phi) is 2.98. The molecule has 0 atom stereocenters. The van der Waals surface area contributed by atoms with Crippen molar-refractivity contribution in [3.63, 3.8) is 0 Å². The molecule has 0 aliphatic rings. The van der Waals surface area contributed by atoms with Crippen LogP contribution in [0.1, 0.15) is 0 Å². The largest absolute Gasteiger partial charge is 0.468 e. The lowest BCUT2D eigenvalue weighted by Gasteiger charge is -2.12. The zero-order valence-corrected chi connectivity index (χ0v) is 7.67. The molecule has 0 saturated heterocycles. The molecule has 1 rings (SSSR count). The molecule has 0 spiro atoms. The fraction of sp³-hybridized carbons (Fsp3) is 0.500. The first-order valence-corrected chi connectivity index (χ1v) is 4.16. The average molecular weight is 187 g/mol. The third kappa shape index (κ3) is 2.16. The molecule has 5 nitrogen and oxygen atoms in total. The highest BCUT2D eigenvalue weighted by Crippen LogP contribution is 2.12. The molecule has 1 aromatic heterocycles. The second-order valence-electron chi connectivity index (χ2n) is 2.15. The molecule has 0 radical (unpaired) electrons. The molecule has 0 aliphatic heterocycles. The predicted molar refractivity (Wildman–Crippen MR) is 45.2 cm³/mol. The number of esters is 1. The van der Waals surface area contributed by atoms with E-state index in [2.05, 4.69) is 14.9 Å². The fourth-order valence-electron chi connectivity index (χ4n) is 0.659. The molecule has 1 heterocycles. The highest BCUT2D eigenvalue weighted by Gasteiger charge is 2.08. The maximum Gasteiger partial charge on any atom is 0.325 e. The number of rotatable bonds is 3. The highest BCUT2D eigenvalue weighted by molar-refractivity contribution is 7.13. The molecule has 1 aromatic rings. The lowest BCUT2D eigenvalue weighted by molar-refractivity contribution is -0.138. The lowest BCUT2D eigenvalue weighted by atomic mass is 10.6. The molecular formula is C6H9N3O2S. The summed E-state index contributed by atoms with van der Waals surface area (Å²) in [5.41, 5.74) is 1.61. The van der Waals surface area contributed by atoms with E-state index in [1.165, 1.54) is 18.4 Å². The van der Waals surface area contributed by atoms with Gasteiger partial charge in [0.25, 0.3) is 0 Å². The van der Waals surface area contributed by atoms with Gasteiger partial charge in [-0.3, -0.25) is 4.79 Å². The summed E-state index contributed by atoms with van der Waals surface area (Å²) in [6.07, 6.45) is 0. The minimum Gasteiger partial charge on any atom is -0.468 e. The standard InChI is InChI=1S/C6H9N3O2S/c1-9(3-5(10)11-2)6-8-7-4-12-6/h4H,3H2,1-2H3. The van der Waals surface area contributed by atoms with Crippen molar-refractivity contribution >= 4 is 22.4 Å². The number of carbonyl (C=O) groups excluding carboxylic acids is 1. The van der Waals surface area contributed by atoms with Gasteiger partial charge in [0.1, 0.15) is 12.1 Å². The Hall–Kier alpha value is -1.17. The monoisotopic (exact) mass is 187 g/mol. The lowest BCUT2D eigenvalue weighted by Crippen LogP contribution is -2.26. The van der Waals surface area contributed by atoms with Crippen molar-refractivity contribution in [2.24, 2.45) is 0 Å². The summed E-state index contributed by atoms with van der Waals surface area (Å²) < 4.78 is 4.49. The molecule has 66 valence electrons. The van der Waals surface area contributed by atoms with Crippen LogP contribution in [0, 0.1) is 0 Å². The topological polar surface area (TPSA) is 55.3 Å². The highest BCUT2D eigenvalue weighted by atomic mass is 32.1. The normalized spacial score (nSPS) is 9.50. The van der Waals surface area contributed by atoms with Crippen LogP contribution in [-0.2, 0) is 9.53 Å². The SMILES string of the molecule is COC(=O)CN(C)c1nncs1. The number of nitrogens with zero attached hydrogens (tertiary/aromatic N) is 3. The maximum absolute atomic E-state index is 10.8. The molecule has 6 heteroatoms. The van der Waals surface area contributed by atoms with Crippen molar-refractivity contribution in [3.05, 3.63) is 5.51 Å². The van der Waals surface area contributed by atoms with Gasteiger partial charge in [-0.25, -0.2) is 0 Å². The Morgan fingerprint density at radius 3 is 3.08 bits per heavy atom. The Labute approximate surface area is 74.0 Å². The van der Waals surface area contributed by atoms with Crippen LogP contribution in [0.2, 0.25) is 0 Å². The average Bonchev–Trinajstić information content (AvgIpc) is 2.56.